The minimum absolute atomic E-state index is 0.292. The van der Waals surface area contributed by atoms with E-state index in [4.69, 9.17) is 0 Å². The second-order valence-corrected chi connectivity index (χ2v) is 5.00. The molecule has 1 aromatic rings. The molecule has 0 aromatic heterocycles. The molecule has 0 atom stereocenters. The molecule has 1 aromatic carbocycles. The third-order valence-corrected chi connectivity index (χ3v) is 4.27. The molecule has 0 amide bonds. The van der Waals surface area contributed by atoms with Crippen molar-refractivity contribution in [3.05, 3.63) is 35.9 Å². The number of hydrogen-bond donors (Lipinski definition) is 0. The quantitative estimate of drug-likeness (QED) is 0.711. The minimum atomic E-state index is -0.292. The Hall–Kier alpha value is -1.15. The Bertz CT molecular complexity index is 378. The van der Waals surface area contributed by atoms with Crippen LogP contribution in [0.1, 0.15) is 46.1 Å². The van der Waals surface area contributed by atoms with Crippen molar-refractivity contribution in [2.24, 2.45) is 0 Å². The highest BCUT2D eigenvalue weighted by Crippen LogP contribution is 2.26. The number of ketones is 1. The predicted octanol–water partition coefficient (Wildman–Crippen LogP) is 3.70. The van der Waals surface area contributed by atoms with Gasteiger partial charge in [0.2, 0.25) is 0 Å². The van der Waals surface area contributed by atoms with Gasteiger partial charge in [-0.1, -0.05) is 58.0 Å². The van der Waals surface area contributed by atoms with Crippen molar-refractivity contribution in [1.29, 1.82) is 0 Å². The van der Waals surface area contributed by atoms with Crippen molar-refractivity contribution in [2.45, 2.75) is 52.5 Å². The summed E-state index contributed by atoms with van der Waals surface area (Å²) < 4.78 is 0. The van der Waals surface area contributed by atoms with Gasteiger partial charge in [-0.2, -0.15) is 0 Å². The summed E-state index contributed by atoms with van der Waals surface area (Å²) in [6.07, 6.45) is 2.31. The van der Waals surface area contributed by atoms with Crippen LogP contribution in [0, 0.1) is 0 Å². The molecule has 106 valence electrons. The maximum Gasteiger partial charge on any atom is 0.157 e. The fraction of sp³-hybridized carbons (Fsp3) is 0.588. The lowest BCUT2D eigenvalue weighted by Gasteiger charge is -2.41. The molecule has 0 aliphatic rings. The summed E-state index contributed by atoms with van der Waals surface area (Å²) in [5.74, 6) is 0.354. The van der Waals surface area contributed by atoms with Gasteiger partial charge < -0.3 is 0 Å². The molecular weight excluding hydrogens is 234 g/mol. The molecule has 0 fully saturated rings. The molecule has 0 unspecified atom stereocenters. The number of benzene rings is 1. The summed E-state index contributed by atoms with van der Waals surface area (Å²) in [5, 5.41) is 0. The van der Waals surface area contributed by atoms with Gasteiger partial charge in [-0.25, -0.2) is 0 Å². The van der Waals surface area contributed by atoms with E-state index in [9.17, 15) is 4.79 Å². The number of Topliss-reactive ketones (excluding diaryl/α,β-unsaturated/α-hetero) is 1. The van der Waals surface area contributed by atoms with E-state index in [2.05, 4.69) is 32.6 Å². The van der Waals surface area contributed by atoms with E-state index in [0.717, 1.165) is 31.5 Å². The molecule has 19 heavy (non-hydrogen) atoms. The van der Waals surface area contributed by atoms with E-state index >= 15 is 0 Å². The summed E-state index contributed by atoms with van der Waals surface area (Å²) in [5.41, 5.74) is 0.824. The van der Waals surface area contributed by atoms with Gasteiger partial charge in [0, 0.05) is 6.42 Å². The molecule has 1 rings (SSSR count). The number of nitrogens with zero attached hydrogens (tertiary/aromatic N) is 1. The SMILES string of the molecule is CCN(CC)C(CC)(CC)C(=O)Cc1ccccc1. The summed E-state index contributed by atoms with van der Waals surface area (Å²) >= 11 is 0. The largest absolute Gasteiger partial charge is 0.297 e. The lowest BCUT2D eigenvalue weighted by Crippen LogP contribution is -2.54. The highest BCUT2D eigenvalue weighted by molar-refractivity contribution is 5.90. The fourth-order valence-electron chi connectivity index (χ4n) is 3.04. The third-order valence-electron chi connectivity index (χ3n) is 4.27. The van der Waals surface area contributed by atoms with Gasteiger partial charge in [0.1, 0.15) is 0 Å². The van der Waals surface area contributed by atoms with Gasteiger partial charge in [-0.05, 0) is 31.5 Å². The van der Waals surface area contributed by atoms with Gasteiger partial charge in [0.25, 0.3) is 0 Å². The lowest BCUT2D eigenvalue weighted by atomic mass is 9.83. The van der Waals surface area contributed by atoms with Gasteiger partial charge in [0.15, 0.2) is 5.78 Å². The maximum atomic E-state index is 12.8. The second kappa shape index (κ2) is 7.44. The number of carbonyl (C=O) groups excluding carboxylic acids is 1. The molecule has 0 aliphatic heterocycles. The first-order chi connectivity index (χ1) is 9.14. The van der Waals surface area contributed by atoms with Crippen LogP contribution in [0.5, 0.6) is 0 Å². The molecule has 0 heterocycles. The number of hydrogen-bond acceptors (Lipinski definition) is 2. The summed E-state index contributed by atoms with van der Waals surface area (Å²) in [4.78, 5) is 15.1. The Morgan fingerprint density at radius 1 is 1.00 bits per heavy atom. The molecule has 0 radical (unpaired) electrons. The van der Waals surface area contributed by atoms with Gasteiger partial charge >= 0.3 is 0 Å². The molecule has 0 N–H and O–H groups in total. The minimum Gasteiger partial charge on any atom is -0.297 e. The zero-order chi connectivity index (χ0) is 14.3. The van der Waals surface area contributed by atoms with Crippen molar-refractivity contribution in [3.8, 4) is 0 Å². The topological polar surface area (TPSA) is 20.3 Å². The van der Waals surface area contributed by atoms with Crippen molar-refractivity contribution in [1.82, 2.24) is 4.90 Å². The number of likely N-dealkylation sites (N-methyl/N-ethyl adjacent to an activating group) is 1. The Morgan fingerprint density at radius 3 is 1.95 bits per heavy atom. The number of rotatable bonds is 8. The van der Waals surface area contributed by atoms with Crippen molar-refractivity contribution in [3.63, 3.8) is 0 Å². The third kappa shape index (κ3) is 3.44. The second-order valence-electron chi connectivity index (χ2n) is 5.00. The zero-order valence-electron chi connectivity index (χ0n) is 12.8. The standard InChI is InChI=1S/C17H27NO/c1-5-17(6-2,18(7-3)8-4)16(19)14-15-12-10-9-11-13-15/h9-13H,5-8,14H2,1-4H3. The fourth-order valence-corrected chi connectivity index (χ4v) is 3.04. The smallest absolute Gasteiger partial charge is 0.157 e. The first-order valence-electron chi connectivity index (χ1n) is 7.46. The van der Waals surface area contributed by atoms with Gasteiger partial charge in [0.05, 0.1) is 5.54 Å². The summed E-state index contributed by atoms with van der Waals surface area (Å²) in [6, 6.07) is 10.1. The Labute approximate surface area is 117 Å². The Morgan fingerprint density at radius 2 is 1.53 bits per heavy atom. The van der Waals surface area contributed by atoms with Crippen LogP contribution in [-0.4, -0.2) is 29.3 Å². The van der Waals surface area contributed by atoms with Crippen molar-refractivity contribution in [2.75, 3.05) is 13.1 Å². The summed E-state index contributed by atoms with van der Waals surface area (Å²) in [7, 11) is 0. The monoisotopic (exact) mass is 261 g/mol. The Kier molecular flexibility index (Phi) is 6.23. The van der Waals surface area contributed by atoms with Crippen molar-refractivity contribution >= 4 is 5.78 Å². The molecular formula is C17H27NO. The maximum absolute atomic E-state index is 12.8. The summed E-state index contributed by atoms with van der Waals surface area (Å²) in [6.45, 7) is 10.4. The van der Waals surface area contributed by atoms with Crippen LogP contribution >= 0.6 is 0 Å². The van der Waals surface area contributed by atoms with Crippen LogP contribution in [0.3, 0.4) is 0 Å². The van der Waals surface area contributed by atoms with Crippen LogP contribution in [0.4, 0.5) is 0 Å². The van der Waals surface area contributed by atoms with Crippen LogP contribution in [0.15, 0.2) is 30.3 Å². The molecule has 0 aliphatic carbocycles. The van der Waals surface area contributed by atoms with Gasteiger partial charge in [-0.3, -0.25) is 9.69 Å². The molecule has 2 nitrogen and oxygen atoms in total. The van der Waals surface area contributed by atoms with Crippen LogP contribution in [0.2, 0.25) is 0 Å². The van der Waals surface area contributed by atoms with E-state index in [1.165, 1.54) is 0 Å². The van der Waals surface area contributed by atoms with Crippen LogP contribution in [-0.2, 0) is 11.2 Å². The van der Waals surface area contributed by atoms with E-state index in [1.807, 2.05) is 30.3 Å². The highest BCUT2D eigenvalue weighted by atomic mass is 16.1. The highest BCUT2D eigenvalue weighted by Gasteiger charge is 2.38. The lowest BCUT2D eigenvalue weighted by molar-refractivity contribution is -0.131. The average Bonchev–Trinajstić information content (AvgIpc) is 2.45. The Balaban J connectivity index is 2.95. The molecule has 2 heteroatoms. The van der Waals surface area contributed by atoms with E-state index in [1.54, 1.807) is 0 Å². The number of carbonyl (C=O) groups is 1. The first kappa shape index (κ1) is 15.9. The van der Waals surface area contributed by atoms with Crippen LogP contribution < -0.4 is 0 Å². The zero-order valence-corrected chi connectivity index (χ0v) is 12.8. The molecule has 0 bridgehead atoms. The normalized spacial score (nSPS) is 11.8. The van der Waals surface area contributed by atoms with E-state index in [0.29, 0.717) is 12.2 Å². The van der Waals surface area contributed by atoms with E-state index < -0.39 is 0 Å². The van der Waals surface area contributed by atoms with Crippen LogP contribution in [0.25, 0.3) is 0 Å². The first-order valence-corrected chi connectivity index (χ1v) is 7.46. The van der Waals surface area contributed by atoms with Gasteiger partial charge in [-0.15, -0.1) is 0 Å². The van der Waals surface area contributed by atoms with Crippen molar-refractivity contribution < 1.29 is 4.79 Å². The molecule has 0 saturated carbocycles. The van der Waals surface area contributed by atoms with E-state index in [-0.39, 0.29) is 5.54 Å². The molecule has 0 spiro atoms. The molecule has 0 saturated heterocycles. The predicted molar refractivity (Wildman–Crippen MR) is 81.4 cm³/mol. The average molecular weight is 261 g/mol.